The van der Waals surface area contributed by atoms with Gasteiger partial charge in [-0.2, -0.15) is 0 Å². The van der Waals surface area contributed by atoms with Crippen molar-refractivity contribution >= 4 is 40.7 Å². The van der Waals surface area contributed by atoms with Gasteiger partial charge < -0.3 is 5.32 Å². The number of carbonyl (C=O) groups excluding carboxylic acids is 1. The van der Waals surface area contributed by atoms with Gasteiger partial charge in [-0.15, -0.1) is 0 Å². The van der Waals surface area contributed by atoms with Crippen LogP contribution in [-0.4, -0.2) is 20.9 Å². The third-order valence-electron chi connectivity index (χ3n) is 2.66. The first kappa shape index (κ1) is 16.2. The second kappa shape index (κ2) is 7.76. The number of non-ortho nitro benzene ring substituents is 1. The van der Waals surface area contributed by atoms with E-state index in [9.17, 15) is 14.9 Å². The second-order valence-corrected chi connectivity index (χ2v) is 4.78. The summed E-state index contributed by atoms with van der Waals surface area (Å²) in [6.07, 6.45) is 5.90. The average molecular weight is 328 g/mol. The first-order valence-corrected chi connectivity index (χ1v) is 6.90. The molecule has 0 aliphatic carbocycles. The molecule has 116 valence electrons. The summed E-state index contributed by atoms with van der Waals surface area (Å²) < 4.78 is 0. The molecule has 0 aliphatic heterocycles. The highest BCUT2D eigenvalue weighted by molar-refractivity contribution is 7.80. The molecule has 0 bridgehead atoms. The van der Waals surface area contributed by atoms with Crippen LogP contribution in [0.1, 0.15) is 5.56 Å². The normalized spacial score (nSPS) is 10.3. The van der Waals surface area contributed by atoms with Gasteiger partial charge in [0.2, 0.25) is 5.91 Å². The van der Waals surface area contributed by atoms with Crippen LogP contribution in [0.15, 0.2) is 54.9 Å². The quantitative estimate of drug-likeness (QED) is 0.387. The number of nitrogens with zero attached hydrogens (tertiary/aromatic N) is 2. The molecule has 8 heteroatoms. The Kier molecular flexibility index (Phi) is 5.48. The van der Waals surface area contributed by atoms with E-state index in [2.05, 4.69) is 15.6 Å². The van der Waals surface area contributed by atoms with Crippen molar-refractivity contribution < 1.29 is 9.72 Å². The number of anilines is 1. The first-order chi connectivity index (χ1) is 11.0. The maximum absolute atomic E-state index is 11.8. The SMILES string of the molecule is O=C(C=Cc1cccc([N+](=O)[O-])c1)NC(=S)Nc1cccnc1. The molecule has 0 saturated carbocycles. The highest BCUT2D eigenvalue weighted by Gasteiger charge is 2.05. The van der Waals surface area contributed by atoms with E-state index >= 15 is 0 Å². The Bertz CT molecular complexity index is 762. The molecule has 0 fully saturated rings. The third-order valence-corrected chi connectivity index (χ3v) is 2.87. The van der Waals surface area contributed by atoms with Gasteiger partial charge in [0.25, 0.3) is 5.69 Å². The number of pyridine rings is 1. The third kappa shape index (κ3) is 5.29. The number of benzene rings is 1. The van der Waals surface area contributed by atoms with E-state index in [1.807, 2.05) is 0 Å². The molecule has 0 atom stereocenters. The number of aromatic nitrogens is 1. The summed E-state index contributed by atoms with van der Waals surface area (Å²) in [6.45, 7) is 0. The average Bonchev–Trinajstić information content (AvgIpc) is 2.54. The van der Waals surface area contributed by atoms with Crippen LogP contribution in [0, 0.1) is 10.1 Å². The highest BCUT2D eigenvalue weighted by Crippen LogP contribution is 2.14. The summed E-state index contributed by atoms with van der Waals surface area (Å²) >= 11 is 5.00. The van der Waals surface area contributed by atoms with Crippen LogP contribution in [0.25, 0.3) is 6.08 Å². The number of thiocarbonyl (C=S) groups is 1. The van der Waals surface area contributed by atoms with Gasteiger partial charge in [0.1, 0.15) is 0 Å². The minimum Gasteiger partial charge on any atom is -0.331 e. The van der Waals surface area contributed by atoms with Gasteiger partial charge in [-0.3, -0.25) is 25.2 Å². The molecule has 2 rings (SSSR count). The van der Waals surface area contributed by atoms with Crippen molar-refractivity contribution in [1.82, 2.24) is 10.3 Å². The molecule has 2 aromatic rings. The maximum Gasteiger partial charge on any atom is 0.270 e. The van der Waals surface area contributed by atoms with Crippen molar-refractivity contribution in [2.75, 3.05) is 5.32 Å². The molecular formula is C15H12N4O3S. The zero-order chi connectivity index (χ0) is 16.7. The summed E-state index contributed by atoms with van der Waals surface area (Å²) in [7, 11) is 0. The minimum atomic E-state index is -0.496. The van der Waals surface area contributed by atoms with Crippen molar-refractivity contribution in [1.29, 1.82) is 0 Å². The highest BCUT2D eigenvalue weighted by atomic mass is 32.1. The van der Waals surface area contributed by atoms with Crippen LogP contribution in [0.3, 0.4) is 0 Å². The largest absolute Gasteiger partial charge is 0.331 e. The van der Waals surface area contributed by atoms with Crippen molar-refractivity contribution in [3.63, 3.8) is 0 Å². The predicted molar refractivity (Wildman–Crippen MR) is 90.7 cm³/mol. The van der Waals surface area contributed by atoms with E-state index in [0.717, 1.165) is 0 Å². The summed E-state index contributed by atoms with van der Waals surface area (Å²) in [5.41, 5.74) is 1.15. The molecule has 1 amide bonds. The smallest absolute Gasteiger partial charge is 0.270 e. The number of hydrogen-bond donors (Lipinski definition) is 2. The number of hydrogen-bond acceptors (Lipinski definition) is 5. The van der Waals surface area contributed by atoms with Gasteiger partial charge in [-0.05, 0) is 36.0 Å². The van der Waals surface area contributed by atoms with E-state index in [1.54, 1.807) is 36.7 Å². The lowest BCUT2D eigenvalue weighted by Gasteiger charge is -2.07. The Labute approximate surface area is 137 Å². The Hall–Kier alpha value is -3.13. The van der Waals surface area contributed by atoms with E-state index in [0.29, 0.717) is 11.3 Å². The summed E-state index contributed by atoms with van der Waals surface area (Å²) in [5, 5.41) is 16.1. The van der Waals surface area contributed by atoms with Crippen molar-refractivity contribution in [2.45, 2.75) is 0 Å². The van der Waals surface area contributed by atoms with Crippen LogP contribution in [0.4, 0.5) is 11.4 Å². The van der Waals surface area contributed by atoms with Crippen LogP contribution in [0.2, 0.25) is 0 Å². The molecule has 1 heterocycles. The van der Waals surface area contributed by atoms with Gasteiger partial charge >= 0.3 is 0 Å². The molecule has 0 spiro atoms. The van der Waals surface area contributed by atoms with Gasteiger partial charge in [-0.1, -0.05) is 12.1 Å². The molecule has 23 heavy (non-hydrogen) atoms. The van der Waals surface area contributed by atoms with Gasteiger partial charge in [0, 0.05) is 24.4 Å². The van der Waals surface area contributed by atoms with Crippen molar-refractivity contribution in [2.24, 2.45) is 0 Å². The number of nitro benzene ring substituents is 1. The lowest BCUT2D eigenvalue weighted by atomic mass is 10.2. The maximum atomic E-state index is 11.8. The van der Waals surface area contributed by atoms with E-state index in [4.69, 9.17) is 12.2 Å². The molecular weight excluding hydrogens is 316 g/mol. The predicted octanol–water partition coefficient (Wildman–Crippen LogP) is 2.52. The molecule has 0 radical (unpaired) electrons. The van der Waals surface area contributed by atoms with Gasteiger partial charge in [0.05, 0.1) is 16.8 Å². The van der Waals surface area contributed by atoms with Crippen LogP contribution >= 0.6 is 12.2 Å². The lowest BCUT2D eigenvalue weighted by Crippen LogP contribution is -2.32. The number of nitrogens with one attached hydrogen (secondary N) is 2. The second-order valence-electron chi connectivity index (χ2n) is 4.37. The zero-order valence-corrected chi connectivity index (χ0v) is 12.6. The standard InChI is InChI=1S/C15H12N4O3S/c20-14(18-15(23)17-12-4-2-8-16-10-12)7-6-11-3-1-5-13(9-11)19(21)22/h1-10H,(H2,17,18,20,23). The zero-order valence-electron chi connectivity index (χ0n) is 11.8. The number of amides is 1. The Morgan fingerprint density at radius 3 is 2.83 bits per heavy atom. The fraction of sp³-hybridized carbons (Fsp3) is 0. The molecule has 0 unspecified atom stereocenters. The van der Waals surface area contributed by atoms with Crippen molar-refractivity contribution in [3.05, 3.63) is 70.5 Å². The Morgan fingerprint density at radius 1 is 1.30 bits per heavy atom. The molecule has 2 N–H and O–H groups in total. The summed E-state index contributed by atoms with van der Waals surface area (Å²) in [5.74, 6) is -0.446. The number of carbonyl (C=O) groups is 1. The van der Waals surface area contributed by atoms with Crippen LogP contribution in [0.5, 0.6) is 0 Å². The van der Waals surface area contributed by atoms with Crippen LogP contribution < -0.4 is 10.6 Å². The monoisotopic (exact) mass is 328 g/mol. The minimum absolute atomic E-state index is 0.0404. The Morgan fingerprint density at radius 2 is 2.13 bits per heavy atom. The summed E-state index contributed by atoms with van der Waals surface area (Å²) in [4.78, 5) is 25.9. The number of rotatable bonds is 4. The van der Waals surface area contributed by atoms with Gasteiger partial charge in [0.15, 0.2) is 5.11 Å². The fourth-order valence-electron chi connectivity index (χ4n) is 1.67. The molecule has 0 aliphatic rings. The molecule has 1 aromatic heterocycles. The first-order valence-electron chi connectivity index (χ1n) is 6.49. The van der Waals surface area contributed by atoms with Gasteiger partial charge in [-0.25, -0.2) is 0 Å². The van der Waals surface area contributed by atoms with E-state index in [-0.39, 0.29) is 10.8 Å². The Balaban J connectivity index is 1.92. The fourth-order valence-corrected chi connectivity index (χ4v) is 1.88. The van der Waals surface area contributed by atoms with Crippen molar-refractivity contribution in [3.8, 4) is 0 Å². The number of nitro groups is 1. The molecule has 7 nitrogen and oxygen atoms in total. The summed E-state index contributed by atoms with van der Waals surface area (Å²) in [6, 6.07) is 9.44. The molecule has 0 saturated heterocycles. The molecule has 1 aromatic carbocycles. The van der Waals surface area contributed by atoms with E-state index < -0.39 is 10.8 Å². The topological polar surface area (TPSA) is 97.2 Å². The van der Waals surface area contributed by atoms with E-state index in [1.165, 1.54) is 24.3 Å². The van der Waals surface area contributed by atoms with Crippen LogP contribution in [-0.2, 0) is 4.79 Å². The lowest BCUT2D eigenvalue weighted by molar-refractivity contribution is -0.384.